The second-order valence-electron chi connectivity index (χ2n) is 4.96. The molecule has 0 aliphatic heterocycles. The third kappa shape index (κ3) is 3.27. The molecule has 2 aromatic heterocycles. The van der Waals surface area contributed by atoms with Crippen LogP contribution in [0.5, 0.6) is 0 Å². The molecule has 0 saturated heterocycles. The molecule has 0 atom stereocenters. The molecule has 0 aliphatic rings. The number of hydrogen-bond donors (Lipinski definition) is 0. The van der Waals surface area contributed by atoms with Gasteiger partial charge in [0.25, 0.3) is 0 Å². The fourth-order valence-electron chi connectivity index (χ4n) is 2.28. The molecule has 0 N–H and O–H groups in total. The fraction of sp³-hybridized carbons (Fsp3) is 0.250. The number of nitrogens with zero attached hydrogens (tertiary/aromatic N) is 5. The normalized spacial score (nSPS) is 11.0. The van der Waals surface area contributed by atoms with Gasteiger partial charge in [0.15, 0.2) is 16.8 Å². The summed E-state index contributed by atoms with van der Waals surface area (Å²) in [7, 11) is 0. The average molecular weight is 364 g/mol. The summed E-state index contributed by atoms with van der Waals surface area (Å²) in [5.74, 6) is 0.285. The summed E-state index contributed by atoms with van der Waals surface area (Å²) in [6, 6.07) is 7.40. The van der Waals surface area contributed by atoms with E-state index in [-0.39, 0.29) is 5.03 Å². The zero-order valence-corrected chi connectivity index (χ0v) is 14.8. The molecular formula is C16H15ClFN5S. The lowest BCUT2D eigenvalue weighted by molar-refractivity contribution is 0.558. The minimum absolute atomic E-state index is 0.251. The zero-order valence-electron chi connectivity index (χ0n) is 13.2. The highest BCUT2D eigenvalue weighted by molar-refractivity contribution is 7.99. The summed E-state index contributed by atoms with van der Waals surface area (Å²) in [5.41, 5.74) is 1.26. The lowest BCUT2D eigenvalue weighted by atomic mass is 10.2. The van der Waals surface area contributed by atoms with Crippen LogP contribution in [0.15, 0.2) is 40.8 Å². The van der Waals surface area contributed by atoms with E-state index in [0.29, 0.717) is 34.7 Å². The van der Waals surface area contributed by atoms with Crippen molar-refractivity contribution in [3.05, 3.63) is 47.1 Å². The number of halogens is 2. The molecular weight excluding hydrogens is 349 g/mol. The van der Waals surface area contributed by atoms with E-state index in [4.69, 9.17) is 11.6 Å². The van der Waals surface area contributed by atoms with Crippen LogP contribution in [0.3, 0.4) is 0 Å². The van der Waals surface area contributed by atoms with Gasteiger partial charge < -0.3 is 4.57 Å². The van der Waals surface area contributed by atoms with E-state index >= 15 is 0 Å². The topological polar surface area (TPSA) is 56.5 Å². The van der Waals surface area contributed by atoms with Crippen LogP contribution in [-0.4, -0.2) is 24.7 Å². The minimum Gasteiger partial charge on any atom is -0.302 e. The third-order valence-corrected chi connectivity index (χ3v) is 4.67. The van der Waals surface area contributed by atoms with Crippen molar-refractivity contribution < 1.29 is 4.39 Å². The summed E-state index contributed by atoms with van der Waals surface area (Å²) in [6.45, 7) is 4.48. The number of aryl methyl sites for hydroxylation is 1. The molecule has 8 heteroatoms. The Morgan fingerprint density at radius 3 is 2.75 bits per heavy atom. The summed E-state index contributed by atoms with van der Waals surface area (Å²) in [4.78, 5) is 7.98. The number of hydrogen-bond acceptors (Lipinski definition) is 5. The Labute approximate surface area is 148 Å². The highest BCUT2D eigenvalue weighted by Crippen LogP contribution is 2.31. The van der Waals surface area contributed by atoms with Crippen LogP contribution in [0.4, 0.5) is 4.39 Å². The van der Waals surface area contributed by atoms with Gasteiger partial charge in [-0.3, -0.25) is 0 Å². The molecule has 24 heavy (non-hydrogen) atoms. The van der Waals surface area contributed by atoms with Crippen LogP contribution in [0.2, 0.25) is 5.02 Å². The lowest BCUT2D eigenvalue weighted by Gasteiger charge is -2.08. The molecule has 5 nitrogen and oxygen atoms in total. The van der Waals surface area contributed by atoms with Gasteiger partial charge in [-0.2, -0.15) is 0 Å². The van der Waals surface area contributed by atoms with E-state index in [0.717, 1.165) is 17.3 Å². The lowest BCUT2D eigenvalue weighted by Crippen LogP contribution is -2.02. The number of rotatable bonds is 5. The summed E-state index contributed by atoms with van der Waals surface area (Å²) in [5, 5.41) is 9.88. The maximum absolute atomic E-state index is 14.4. The number of benzene rings is 1. The Kier molecular flexibility index (Phi) is 5.11. The van der Waals surface area contributed by atoms with Crippen LogP contribution < -0.4 is 0 Å². The summed E-state index contributed by atoms with van der Waals surface area (Å²) in [6.07, 6.45) is 1.88. The van der Waals surface area contributed by atoms with Gasteiger partial charge in [-0.1, -0.05) is 30.7 Å². The molecule has 3 rings (SSSR count). The van der Waals surface area contributed by atoms with Crippen molar-refractivity contribution >= 4 is 23.4 Å². The van der Waals surface area contributed by atoms with E-state index in [1.165, 1.54) is 6.33 Å². The predicted molar refractivity (Wildman–Crippen MR) is 91.6 cm³/mol. The second kappa shape index (κ2) is 7.27. The van der Waals surface area contributed by atoms with E-state index < -0.39 is 5.82 Å². The second-order valence-corrected chi connectivity index (χ2v) is 6.35. The molecule has 124 valence electrons. The molecule has 2 heterocycles. The van der Waals surface area contributed by atoms with Gasteiger partial charge >= 0.3 is 0 Å². The Morgan fingerprint density at radius 2 is 2.04 bits per heavy atom. The minimum atomic E-state index is -0.403. The fourth-order valence-corrected chi connectivity index (χ4v) is 3.36. The van der Waals surface area contributed by atoms with Gasteiger partial charge in [0.2, 0.25) is 0 Å². The third-order valence-electron chi connectivity index (χ3n) is 3.47. The monoisotopic (exact) mass is 363 g/mol. The molecule has 0 spiro atoms. The largest absolute Gasteiger partial charge is 0.302 e. The summed E-state index contributed by atoms with van der Waals surface area (Å²) >= 11 is 7.20. The predicted octanol–water partition coefficient (Wildman–Crippen LogP) is 4.26. The van der Waals surface area contributed by atoms with Gasteiger partial charge in [0, 0.05) is 17.1 Å². The maximum Gasteiger partial charge on any atom is 0.197 e. The molecule has 0 bridgehead atoms. The van der Waals surface area contributed by atoms with Crippen LogP contribution in [0, 0.1) is 5.82 Å². The van der Waals surface area contributed by atoms with Crippen LogP contribution in [-0.2, 0) is 13.0 Å². The molecule has 0 amide bonds. The molecule has 0 aliphatic carbocycles. The van der Waals surface area contributed by atoms with E-state index in [2.05, 4.69) is 20.2 Å². The molecule has 0 radical (unpaired) electrons. The highest BCUT2D eigenvalue weighted by atomic mass is 35.5. The zero-order chi connectivity index (χ0) is 17.1. The smallest absolute Gasteiger partial charge is 0.197 e. The average Bonchev–Trinajstić information content (AvgIpc) is 2.99. The van der Waals surface area contributed by atoms with Gasteiger partial charge in [0.05, 0.1) is 5.69 Å². The molecule has 3 aromatic rings. The standard InChI is InChI=1S/C16H15ClFN5S/c1-3-12-13(18)15(20-9-19-12)24-16-22-21-14(23(16)4-2)10-6-5-7-11(17)8-10/h5-9H,3-4H2,1-2H3. The highest BCUT2D eigenvalue weighted by Gasteiger charge is 2.18. The molecule has 0 unspecified atom stereocenters. The summed E-state index contributed by atoms with van der Waals surface area (Å²) < 4.78 is 16.3. The quantitative estimate of drug-likeness (QED) is 0.634. The van der Waals surface area contributed by atoms with Gasteiger partial charge in [-0.15, -0.1) is 10.2 Å². The SMILES string of the molecule is CCc1ncnc(Sc2nnc(-c3cccc(Cl)c3)n2CC)c1F. The van der Waals surface area contributed by atoms with Crippen LogP contribution >= 0.6 is 23.4 Å². The Hall–Kier alpha value is -1.99. The van der Waals surface area contributed by atoms with Crippen LogP contribution in [0.1, 0.15) is 19.5 Å². The van der Waals surface area contributed by atoms with E-state index in [9.17, 15) is 4.39 Å². The van der Waals surface area contributed by atoms with Crippen molar-refractivity contribution in [2.45, 2.75) is 37.0 Å². The van der Waals surface area contributed by atoms with Crippen molar-refractivity contribution in [2.24, 2.45) is 0 Å². The number of aromatic nitrogens is 5. The Bertz CT molecular complexity index is 867. The molecule has 0 fully saturated rings. The first-order valence-electron chi connectivity index (χ1n) is 7.50. The Morgan fingerprint density at radius 1 is 1.21 bits per heavy atom. The van der Waals surface area contributed by atoms with Crippen molar-refractivity contribution in [3.63, 3.8) is 0 Å². The molecule has 0 saturated carbocycles. The first-order valence-corrected chi connectivity index (χ1v) is 8.69. The van der Waals surface area contributed by atoms with Crippen molar-refractivity contribution in [1.29, 1.82) is 0 Å². The Balaban J connectivity index is 1.99. The first-order chi connectivity index (χ1) is 11.6. The van der Waals surface area contributed by atoms with Gasteiger partial charge in [0.1, 0.15) is 11.4 Å². The van der Waals surface area contributed by atoms with Crippen LogP contribution in [0.25, 0.3) is 11.4 Å². The van der Waals surface area contributed by atoms with Gasteiger partial charge in [-0.25, -0.2) is 14.4 Å². The van der Waals surface area contributed by atoms with Crippen molar-refractivity contribution in [1.82, 2.24) is 24.7 Å². The molecule has 1 aromatic carbocycles. The maximum atomic E-state index is 14.4. The van der Waals surface area contributed by atoms with Crippen molar-refractivity contribution in [2.75, 3.05) is 0 Å². The van der Waals surface area contributed by atoms with Crippen molar-refractivity contribution in [3.8, 4) is 11.4 Å². The van der Waals surface area contributed by atoms with E-state index in [1.807, 2.05) is 36.6 Å². The first kappa shape index (κ1) is 16.9. The van der Waals surface area contributed by atoms with Gasteiger partial charge in [-0.05, 0) is 37.2 Å². The van der Waals surface area contributed by atoms with E-state index in [1.54, 1.807) is 6.07 Å².